The molecule has 0 aromatic carbocycles. The molecule has 0 heterocycles. The Bertz CT molecular complexity index is 942. The molecule has 8 heteroatoms. The first kappa shape index (κ1) is 51.8. The molecule has 0 radical (unpaired) electrons. The summed E-state index contributed by atoms with van der Waals surface area (Å²) < 4.78 is 17.1. The Labute approximate surface area is 332 Å². The number of allylic oxidation sites excluding steroid dienone is 4. The molecule has 0 saturated heterocycles. The Balaban J connectivity index is 4.30. The average molecular weight is 764 g/mol. The lowest BCUT2D eigenvalue weighted by atomic mass is 10.1. The van der Waals surface area contributed by atoms with Gasteiger partial charge < -0.3 is 28.6 Å². The van der Waals surface area contributed by atoms with Gasteiger partial charge in [0, 0.05) is 19.3 Å². The molecule has 0 amide bonds. The highest BCUT2D eigenvalue weighted by molar-refractivity contribution is 5.70. The Morgan fingerprint density at radius 1 is 0.537 bits per heavy atom. The smallest absolute Gasteiger partial charge is 0.306 e. The van der Waals surface area contributed by atoms with Crippen LogP contribution in [0, 0.1) is 0 Å². The van der Waals surface area contributed by atoms with Gasteiger partial charge in [-0.3, -0.25) is 9.59 Å². The SMILES string of the molecule is CCCC/C=C/CCCCCCCC(=O)OCC(COCCC(C(=O)[O-])[N+](C)(C)C)OC(=O)CCCCCCCCC/C=C/CCCCCCCCCC. The van der Waals surface area contributed by atoms with E-state index in [9.17, 15) is 19.5 Å². The lowest BCUT2D eigenvalue weighted by molar-refractivity contribution is -0.889. The molecule has 0 bridgehead atoms. The number of carboxylic acids is 1. The van der Waals surface area contributed by atoms with E-state index >= 15 is 0 Å². The molecule has 54 heavy (non-hydrogen) atoms. The van der Waals surface area contributed by atoms with Crippen molar-refractivity contribution < 1.29 is 38.2 Å². The van der Waals surface area contributed by atoms with Gasteiger partial charge in [0.2, 0.25) is 0 Å². The average Bonchev–Trinajstić information content (AvgIpc) is 3.12. The highest BCUT2D eigenvalue weighted by atomic mass is 16.6. The fourth-order valence-corrected chi connectivity index (χ4v) is 6.52. The van der Waals surface area contributed by atoms with Crippen LogP contribution >= 0.6 is 0 Å². The van der Waals surface area contributed by atoms with Crippen LogP contribution in [0.25, 0.3) is 0 Å². The molecular formula is C46H85NO7. The van der Waals surface area contributed by atoms with Crippen molar-refractivity contribution >= 4 is 17.9 Å². The largest absolute Gasteiger partial charge is 0.544 e. The van der Waals surface area contributed by atoms with Gasteiger partial charge in [-0.25, -0.2) is 0 Å². The van der Waals surface area contributed by atoms with E-state index in [1.165, 1.54) is 116 Å². The number of nitrogens with zero attached hydrogens (tertiary/aromatic N) is 1. The summed E-state index contributed by atoms with van der Waals surface area (Å²) in [5, 5.41) is 11.6. The second-order valence-corrected chi connectivity index (χ2v) is 16.3. The molecular weight excluding hydrogens is 679 g/mol. The van der Waals surface area contributed by atoms with E-state index in [0.29, 0.717) is 12.8 Å². The van der Waals surface area contributed by atoms with Crippen molar-refractivity contribution in [2.75, 3.05) is 41.0 Å². The number of hydrogen-bond acceptors (Lipinski definition) is 7. The molecule has 0 fully saturated rings. The number of quaternary nitrogens is 1. The fourth-order valence-electron chi connectivity index (χ4n) is 6.52. The number of carbonyl (C=O) groups is 3. The molecule has 8 nitrogen and oxygen atoms in total. The summed E-state index contributed by atoms with van der Waals surface area (Å²) in [6.07, 6.45) is 40.6. The number of unbranched alkanes of at least 4 members (excludes halogenated alkanes) is 22. The van der Waals surface area contributed by atoms with Crippen LogP contribution in [0.5, 0.6) is 0 Å². The summed E-state index contributed by atoms with van der Waals surface area (Å²) in [6, 6.07) is -0.725. The number of esters is 2. The second-order valence-electron chi connectivity index (χ2n) is 16.3. The van der Waals surface area contributed by atoms with Crippen LogP contribution in [0.4, 0.5) is 0 Å². The maximum absolute atomic E-state index is 12.7. The van der Waals surface area contributed by atoms with Gasteiger partial charge >= 0.3 is 11.9 Å². The molecule has 0 aliphatic carbocycles. The van der Waals surface area contributed by atoms with Crippen molar-refractivity contribution in [3.8, 4) is 0 Å². The van der Waals surface area contributed by atoms with Crippen LogP contribution in [0.3, 0.4) is 0 Å². The van der Waals surface area contributed by atoms with Crippen molar-refractivity contribution in [1.82, 2.24) is 0 Å². The summed E-state index contributed by atoms with van der Waals surface area (Å²) in [5.74, 6) is -1.75. The molecule has 0 N–H and O–H groups in total. The van der Waals surface area contributed by atoms with E-state index in [-0.39, 0.29) is 42.7 Å². The zero-order valence-electron chi connectivity index (χ0n) is 35.9. The third-order valence-electron chi connectivity index (χ3n) is 10.1. The quantitative estimate of drug-likeness (QED) is 0.0265. The van der Waals surface area contributed by atoms with Crippen LogP contribution in [0.1, 0.15) is 200 Å². The van der Waals surface area contributed by atoms with E-state index in [1.54, 1.807) is 21.1 Å². The Morgan fingerprint density at radius 3 is 1.39 bits per heavy atom. The van der Waals surface area contributed by atoms with Crippen molar-refractivity contribution in [3.63, 3.8) is 0 Å². The molecule has 316 valence electrons. The summed E-state index contributed by atoms with van der Waals surface area (Å²) in [6.45, 7) is 4.62. The van der Waals surface area contributed by atoms with E-state index < -0.39 is 18.1 Å². The van der Waals surface area contributed by atoms with Crippen LogP contribution in [-0.2, 0) is 28.6 Å². The minimum absolute atomic E-state index is 0.0389. The van der Waals surface area contributed by atoms with Crippen LogP contribution in [0.2, 0.25) is 0 Å². The minimum Gasteiger partial charge on any atom is -0.544 e. The number of likely N-dealkylation sites (N-methyl/N-ethyl adjacent to an activating group) is 1. The van der Waals surface area contributed by atoms with Crippen molar-refractivity contribution in [1.29, 1.82) is 0 Å². The molecule has 2 atom stereocenters. The van der Waals surface area contributed by atoms with Crippen molar-refractivity contribution in [2.45, 2.75) is 212 Å². The van der Waals surface area contributed by atoms with Gasteiger partial charge in [-0.15, -0.1) is 0 Å². The standard InChI is InChI=1S/C46H85NO7/c1-6-8-10-12-14-16-18-19-20-21-22-23-24-25-27-29-31-33-35-37-45(49)54-42(40-52-39-38-43(46(50)51)47(3,4)5)41-53-44(48)36-34-32-30-28-26-17-15-13-11-9-7-2/h13,15,21-22,42-43H,6-12,14,16-20,23-41H2,1-5H3/b15-13+,22-21+. The Morgan fingerprint density at radius 2 is 0.944 bits per heavy atom. The van der Waals surface area contributed by atoms with Crippen LogP contribution in [-0.4, -0.2) is 75.5 Å². The third kappa shape index (κ3) is 35.5. The van der Waals surface area contributed by atoms with Crippen LogP contribution in [0.15, 0.2) is 24.3 Å². The molecule has 0 spiro atoms. The first-order chi connectivity index (χ1) is 26.1. The summed E-state index contributed by atoms with van der Waals surface area (Å²) >= 11 is 0. The Kier molecular flexibility index (Phi) is 36.2. The zero-order chi connectivity index (χ0) is 40.0. The molecule has 0 saturated carbocycles. The van der Waals surface area contributed by atoms with Gasteiger partial charge in [0.25, 0.3) is 0 Å². The molecule has 2 unspecified atom stereocenters. The highest BCUT2D eigenvalue weighted by Gasteiger charge is 2.25. The number of hydrogen-bond donors (Lipinski definition) is 0. The number of carbonyl (C=O) groups excluding carboxylic acids is 3. The molecule has 0 aliphatic rings. The highest BCUT2D eigenvalue weighted by Crippen LogP contribution is 2.14. The topological polar surface area (TPSA) is 102 Å². The summed E-state index contributed by atoms with van der Waals surface area (Å²) in [7, 11) is 5.40. The maximum atomic E-state index is 12.7. The summed E-state index contributed by atoms with van der Waals surface area (Å²) in [4.78, 5) is 36.8. The molecule has 0 rings (SSSR count). The minimum atomic E-state index is -1.13. The normalized spacial score (nSPS) is 13.1. The first-order valence-electron chi connectivity index (χ1n) is 22.4. The lowest BCUT2D eigenvalue weighted by Gasteiger charge is -2.34. The van der Waals surface area contributed by atoms with Gasteiger partial charge in [0.15, 0.2) is 6.10 Å². The second kappa shape index (κ2) is 37.7. The van der Waals surface area contributed by atoms with Gasteiger partial charge in [0.1, 0.15) is 12.6 Å². The van der Waals surface area contributed by atoms with Crippen molar-refractivity contribution in [2.24, 2.45) is 0 Å². The number of aliphatic carboxylic acids is 1. The molecule has 0 aliphatic heterocycles. The van der Waals surface area contributed by atoms with E-state index in [2.05, 4.69) is 38.2 Å². The predicted molar refractivity (Wildman–Crippen MR) is 222 cm³/mol. The van der Waals surface area contributed by atoms with E-state index in [1.807, 2.05) is 0 Å². The molecule has 0 aromatic rings. The Hall–Kier alpha value is -2.19. The van der Waals surface area contributed by atoms with Crippen LogP contribution < -0.4 is 5.11 Å². The number of carboxylic acid groups (broad SMARTS) is 1. The summed E-state index contributed by atoms with van der Waals surface area (Å²) in [5.41, 5.74) is 0. The third-order valence-corrected chi connectivity index (χ3v) is 10.1. The van der Waals surface area contributed by atoms with Gasteiger partial charge in [0.05, 0.1) is 40.3 Å². The van der Waals surface area contributed by atoms with Gasteiger partial charge in [-0.1, -0.05) is 147 Å². The first-order valence-corrected chi connectivity index (χ1v) is 22.4. The number of ether oxygens (including phenoxy) is 3. The maximum Gasteiger partial charge on any atom is 0.306 e. The fraction of sp³-hybridized carbons (Fsp3) is 0.848. The molecule has 0 aromatic heterocycles. The van der Waals surface area contributed by atoms with E-state index in [0.717, 1.165) is 51.4 Å². The van der Waals surface area contributed by atoms with E-state index in [4.69, 9.17) is 14.2 Å². The monoisotopic (exact) mass is 764 g/mol. The van der Waals surface area contributed by atoms with Gasteiger partial charge in [-0.05, 0) is 57.8 Å². The zero-order valence-corrected chi connectivity index (χ0v) is 35.9. The van der Waals surface area contributed by atoms with Crippen molar-refractivity contribution in [3.05, 3.63) is 24.3 Å². The number of rotatable bonds is 40. The lowest BCUT2D eigenvalue weighted by Crippen LogP contribution is -2.55. The van der Waals surface area contributed by atoms with Gasteiger partial charge in [-0.2, -0.15) is 0 Å². The predicted octanol–water partition coefficient (Wildman–Crippen LogP) is 10.7.